The van der Waals surface area contributed by atoms with Gasteiger partial charge in [-0.15, -0.1) is 23.2 Å². The van der Waals surface area contributed by atoms with Crippen molar-refractivity contribution < 1.29 is 0 Å². The molecule has 0 nitrogen and oxygen atoms in total. The van der Waals surface area contributed by atoms with E-state index < -0.39 is 0 Å². The van der Waals surface area contributed by atoms with Crippen molar-refractivity contribution in [1.82, 2.24) is 0 Å². The van der Waals surface area contributed by atoms with Gasteiger partial charge in [-0.2, -0.15) is 0 Å². The third-order valence-corrected chi connectivity index (χ3v) is 7.46. The molecule has 0 heterocycles. The highest BCUT2D eigenvalue weighted by atomic mass is 35.5. The smallest absolute Gasteiger partial charge is 0.105 e. The van der Waals surface area contributed by atoms with Gasteiger partial charge in [-0.05, 0) is 6.42 Å². The molecule has 32 heavy (non-hydrogen) atoms. The molecule has 0 aliphatic carbocycles. The molecule has 0 saturated carbocycles. The van der Waals surface area contributed by atoms with Crippen LogP contribution in [0.4, 0.5) is 0 Å². The Bertz CT molecular complexity index is 316. The largest absolute Gasteiger partial charge is 0.107 e. The van der Waals surface area contributed by atoms with Crippen LogP contribution in [0.2, 0.25) is 0 Å². The second-order valence-electron chi connectivity index (χ2n) is 10.4. The van der Waals surface area contributed by atoms with E-state index >= 15 is 0 Å². The van der Waals surface area contributed by atoms with Crippen LogP contribution in [-0.4, -0.2) is 4.84 Å². The predicted molar refractivity (Wildman–Crippen MR) is 150 cm³/mol. The third kappa shape index (κ3) is 30.6. The van der Waals surface area contributed by atoms with Crippen molar-refractivity contribution in [2.24, 2.45) is 0 Å². The Morgan fingerprint density at radius 1 is 0.312 bits per heavy atom. The SMILES string of the molecule is CCCCCCCCCCCCCCCCCCCCCCCCCCCCCC(Cl)Cl. The summed E-state index contributed by atoms with van der Waals surface area (Å²) >= 11 is 11.5. The van der Waals surface area contributed by atoms with Crippen LogP contribution < -0.4 is 0 Å². The first-order valence-corrected chi connectivity index (χ1v) is 15.9. The van der Waals surface area contributed by atoms with Gasteiger partial charge in [0.2, 0.25) is 0 Å². The summed E-state index contributed by atoms with van der Waals surface area (Å²) in [4.78, 5) is -0.158. The lowest BCUT2D eigenvalue weighted by molar-refractivity contribution is 0.514. The van der Waals surface area contributed by atoms with Gasteiger partial charge in [0.25, 0.3) is 0 Å². The Morgan fingerprint density at radius 3 is 0.688 bits per heavy atom. The second-order valence-corrected chi connectivity index (χ2v) is 11.6. The van der Waals surface area contributed by atoms with Gasteiger partial charge >= 0.3 is 0 Å². The number of rotatable bonds is 28. The molecule has 0 rings (SSSR count). The van der Waals surface area contributed by atoms with E-state index in [-0.39, 0.29) is 4.84 Å². The van der Waals surface area contributed by atoms with Crippen LogP contribution in [0.1, 0.15) is 187 Å². The zero-order valence-electron chi connectivity index (χ0n) is 22.1. The summed E-state index contributed by atoms with van der Waals surface area (Å²) in [5, 5.41) is 0. The number of hydrogen-bond acceptors (Lipinski definition) is 0. The van der Waals surface area contributed by atoms with E-state index in [0.717, 1.165) is 6.42 Å². The fourth-order valence-corrected chi connectivity index (χ4v) is 5.10. The van der Waals surface area contributed by atoms with Gasteiger partial charge in [-0.25, -0.2) is 0 Å². The first kappa shape index (κ1) is 32.6. The van der Waals surface area contributed by atoms with Gasteiger partial charge in [0.15, 0.2) is 0 Å². The van der Waals surface area contributed by atoms with Gasteiger partial charge in [0.1, 0.15) is 4.84 Å². The maximum atomic E-state index is 5.75. The van der Waals surface area contributed by atoms with Crippen molar-refractivity contribution in [3.63, 3.8) is 0 Å². The normalized spacial score (nSPS) is 11.6. The van der Waals surface area contributed by atoms with Gasteiger partial charge < -0.3 is 0 Å². The van der Waals surface area contributed by atoms with Crippen LogP contribution in [0.15, 0.2) is 0 Å². The summed E-state index contributed by atoms with van der Waals surface area (Å²) in [6.45, 7) is 2.30. The highest BCUT2D eigenvalue weighted by Gasteiger charge is 1.98. The van der Waals surface area contributed by atoms with Crippen molar-refractivity contribution in [3.8, 4) is 0 Å². The molecule has 0 atom stereocenters. The number of unbranched alkanes of at least 4 members (excludes halogenated alkanes) is 26. The summed E-state index contributed by atoms with van der Waals surface area (Å²) in [7, 11) is 0. The molecular formula is C30H60Cl2. The van der Waals surface area contributed by atoms with E-state index in [0.29, 0.717) is 0 Å². The lowest BCUT2D eigenvalue weighted by atomic mass is 10.0. The number of alkyl halides is 2. The van der Waals surface area contributed by atoms with Gasteiger partial charge in [0.05, 0.1) is 0 Å². The van der Waals surface area contributed by atoms with Crippen molar-refractivity contribution in [2.45, 2.75) is 192 Å². The molecule has 0 spiro atoms. The molecule has 0 fully saturated rings. The Labute approximate surface area is 214 Å². The molecule has 0 radical (unpaired) electrons. The predicted octanol–water partition coefficient (Wildman–Crippen LogP) is 12.7. The quantitative estimate of drug-likeness (QED) is 0.0754. The van der Waals surface area contributed by atoms with E-state index in [1.165, 1.54) is 173 Å². The van der Waals surface area contributed by atoms with Crippen LogP contribution in [0, 0.1) is 0 Å². The zero-order chi connectivity index (χ0) is 23.4. The molecule has 194 valence electrons. The van der Waals surface area contributed by atoms with Crippen LogP contribution in [-0.2, 0) is 0 Å². The van der Waals surface area contributed by atoms with E-state index in [2.05, 4.69) is 6.92 Å². The Hall–Kier alpha value is 0.580. The molecule has 0 aliphatic heterocycles. The average molecular weight is 492 g/mol. The number of halogens is 2. The summed E-state index contributed by atoms with van der Waals surface area (Å²) in [6.07, 6.45) is 39.9. The summed E-state index contributed by atoms with van der Waals surface area (Å²) in [5.74, 6) is 0. The molecule has 0 aliphatic rings. The maximum absolute atomic E-state index is 5.75. The van der Waals surface area contributed by atoms with Crippen LogP contribution in [0.5, 0.6) is 0 Å². The summed E-state index contributed by atoms with van der Waals surface area (Å²) < 4.78 is 0. The van der Waals surface area contributed by atoms with E-state index in [4.69, 9.17) is 23.2 Å². The Morgan fingerprint density at radius 2 is 0.500 bits per heavy atom. The van der Waals surface area contributed by atoms with Crippen LogP contribution in [0.3, 0.4) is 0 Å². The number of hydrogen-bond donors (Lipinski definition) is 0. The van der Waals surface area contributed by atoms with Crippen LogP contribution in [0.25, 0.3) is 0 Å². The van der Waals surface area contributed by atoms with Gasteiger partial charge in [-0.3, -0.25) is 0 Å². The molecule has 0 amide bonds. The van der Waals surface area contributed by atoms with E-state index in [1.54, 1.807) is 0 Å². The molecule has 0 aromatic rings. The van der Waals surface area contributed by atoms with E-state index in [1.807, 2.05) is 0 Å². The maximum Gasteiger partial charge on any atom is 0.107 e. The van der Waals surface area contributed by atoms with Gasteiger partial charge in [0, 0.05) is 0 Å². The first-order valence-electron chi connectivity index (χ1n) is 15.1. The van der Waals surface area contributed by atoms with Crippen molar-refractivity contribution in [3.05, 3.63) is 0 Å². The lowest BCUT2D eigenvalue weighted by Crippen LogP contribution is -1.87. The molecule has 0 aromatic carbocycles. The van der Waals surface area contributed by atoms with Crippen molar-refractivity contribution in [2.75, 3.05) is 0 Å². The molecule has 0 N–H and O–H groups in total. The average Bonchev–Trinajstić information content (AvgIpc) is 2.78. The van der Waals surface area contributed by atoms with E-state index in [9.17, 15) is 0 Å². The van der Waals surface area contributed by atoms with Gasteiger partial charge in [-0.1, -0.05) is 180 Å². The molecule has 0 saturated heterocycles. The standard InChI is InChI=1S/C30H60Cl2/c1-2-3-4-5-6-7-8-9-10-11-12-13-14-15-16-17-18-19-20-21-22-23-24-25-26-27-28-29-30(31)32/h30H,2-29H2,1H3. The lowest BCUT2D eigenvalue weighted by Gasteiger charge is -2.04. The molecule has 0 aromatic heterocycles. The Kier molecular flexibility index (Phi) is 30.1. The topological polar surface area (TPSA) is 0 Å². The minimum absolute atomic E-state index is 0.158. The highest BCUT2D eigenvalue weighted by molar-refractivity contribution is 6.44. The fourth-order valence-electron chi connectivity index (χ4n) is 4.79. The molecule has 2 heteroatoms. The zero-order valence-corrected chi connectivity index (χ0v) is 23.6. The Balaban J connectivity index is 3.00. The molecule has 0 bridgehead atoms. The minimum atomic E-state index is -0.158. The molecular weight excluding hydrogens is 431 g/mol. The van der Waals surface area contributed by atoms with Crippen LogP contribution >= 0.6 is 23.2 Å². The van der Waals surface area contributed by atoms with Crippen molar-refractivity contribution >= 4 is 23.2 Å². The molecule has 0 unspecified atom stereocenters. The third-order valence-electron chi connectivity index (χ3n) is 7.03. The fraction of sp³-hybridized carbons (Fsp3) is 1.00. The highest BCUT2D eigenvalue weighted by Crippen LogP contribution is 2.17. The second kappa shape index (κ2) is 29.6. The minimum Gasteiger partial charge on any atom is -0.105 e. The first-order chi connectivity index (χ1) is 15.8. The van der Waals surface area contributed by atoms with Crippen molar-refractivity contribution in [1.29, 1.82) is 0 Å². The monoisotopic (exact) mass is 490 g/mol. The summed E-state index contributed by atoms with van der Waals surface area (Å²) in [5.41, 5.74) is 0. The summed E-state index contributed by atoms with van der Waals surface area (Å²) in [6, 6.07) is 0.